The Kier molecular flexibility index (Phi) is 4.06. The molecule has 0 bridgehead atoms. The van der Waals surface area contributed by atoms with E-state index in [1.165, 1.54) is 12.3 Å². The van der Waals surface area contributed by atoms with Gasteiger partial charge in [-0.25, -0.2) is 17.9 Å². The Hall–Kier alpha value is -1.87. The van der Waals surface area contributed by atoms with Crippen LogP contribution in [0, 0.1) is 13.8 Å². The third-order valence-electron chi connectivity index (χ3n) is 2.70. The minimum absolute atomic E-state index is 0.103. The van der Waals surface area contributed by atoms with Gasteiger partial charge in [0.25, 0.3) is 10.0 Å². The number of aromatic nitrogens is 1. The minimum atomic E-state index is -3.99. The zero-order valence-electron chi connectivity index (χ0n) is 11.0. The molecule has 0 spiro atoms. The van der Waals surface area contributed by atoms with Crippen LogP contribution < -0.4 is 4.72 Å². The van der Waals surface area contributed by atoms with E-state index >= 15 is 0 Å². The average molecular weight is 375 g/mol. The monoisotopic (exact) mass is 374 g/mol. The summed E-state index contributed by atoms with van der Waals surface area (Å²) in [5.41, 5.74) is 0.853. The molecule has 1 aromatic heterocycles. The van der Waals surface area contributed by atoms with E-state index in [9.17, 15) is 13.2 Å². The van der Waals surface area contributed by atoms with Crippen LogP contribution in [0.2, 0.25) is 0 Å². The van der Waals surface area contributed by atoms with E-state index in [4.69, 9.17) is 9.52 Å². The molecule has 0 aliphatic carbocycles. The Bertz CT molecular complexity index is 813. The van der Waals surface area contributed by atoms with Crippen LogP contribution in [-0.2, 0) is 10.0 Å². The first-order valence-corrected chi connectivity index (χ1v) is 7.96. The van der Waals surface area contributed by atoms with E-state index in [-0.39, 0.29) is 16.5 Å². The molecule has 2 aromatic rings. The van der Waals surface area contributed by atoms with Crippen LogP contribution in [0.4, 0.5) is 6.01 Å². The topological polar surface area (TPSA) is 110 Å². The molecule has 0 saturated heterocycles. The molecule has 0 unspecified atom stereocenters. The number of hydrogen-bond acceptors (Lipinski definition) is 5. The van der Waals surface area contributed by atoms with Crippen LogP contribution in [0.5, 0.6) is 0 Å². The van der Waals surface area contributed by atoms with Gasteiger partial charge < -0.3 is 9.52 Å². The van der Waals surface area contributed by atoms with Crippen LogP contribution in [0.25, 0.3) is 0 Å². The largest absolute Gasteiger partial charge is 0.478 e. The van der Waals surface area contributed by atoms with Gasteiger partial charge in [0.05, 0.1) is 16.2 Å². The first-order chi connectivity index (χ1) is 9.70. The quantitative estimate of drug-likeness (QED) is 0.850. The molecule has 112 valence electrons. The van der Waals surface area contributed by atoms with Gasteiger partial charge in [-0.2, -0.15) is 4.98 Å². The number of aromatic carboxylic acids is 1. The molecule has 1 aromatic carbocycles. The standard InChI is InChI=1S/C12H11BrN2O5S/c1-6-5-20-12(14-6)15-21(18,19)8-3-9(11(16)17)7(2)10(13)4-8/h3-5H,1-2H3,(H,14,15)(H,16,17). The zero-order valence-corrected chi connectivity index (χ0v) is 13.4. The van der Waals surface area contributed by atoms with E-state index in [2.05, 4.69) is 25.6 Å². The average Bonchev–Trinajstić information content (AvgIpc) is 2.76. The van der Waals surface area contributed by atoms with E-state index in [0.717, 1.165) is 6.07 Å². The van der Waals surface area contributed by atoms with Crippen molar-refractivity contribution in [3.8, 4) is 0 Å². The highest BCUT2D eigenvalue weighted by Gasteiger charge is 2.21. The van der Waals surface area contributed by atoms with E-state index in [1.54, 1.807) is 13.8 Å². The van der Waals surface area contributed by atoms with Crippen molar-refractivity contribution in [3.05, 3.63) is 39.7 Å². The van der Waals surface area contributed by atoms with Crippen LogP contribution in [0.1, 0.15) is 21.6 Å². The Morgan fingerprint density at radius 2 is 2.05 bits per heavy atom. The fourth-order valence-electron chi connectivity index (χ4n) is 1.61. The van der Waals surface area contributed by atoms with Gasteiger partial charge in [-0.15, -0.1) is 0 Å². The number of benzene rings is 1. The smallest absolute Gasteiger partial charge is 0.336 e. The summed E-state index contributed by atoms with van der Waals surface area (Å²) in [5.74, 6) is -1.21. The predicted molar refractivity (Wildman–Crippen MR) is 77.9 cm³/mol. The third kappa shape index (κ3) is 3.24. The fourth-order valence-corrected chi connectivity index (χ4v) is 3.21. The van der Waals surface area contributed by atoms with Crippen LogP contribution in [0.3, 0.4) is 0 Å². The highest BCUT2D eigenvalue weighted by molar-refractivity contribution is 9.10. The molecule has 21 heavy (non-hydrogen) atoms. The fraction of sp³-hybridized carbons (Fsp3) is 0.167. The molecular weight excluding hydrogens is 364 g/mol. The second-order valence-corrected chi connectivity index (χ2v) is 6.82. The van der Waals surface area contributed by atoms with Gasteiger partial charge in [0.1, 0.15) is 6.26 Å². The first-order valence-electron chi connectivity index (χ1n) is 5.69. The van der Waals surface area contributed by atoms with Crippen molar-refractivity contribution in [2.45, 2.75) is 18.7 Å². The highest BCUT2D eigenvalue weighted by Crippen LogP contribution is 2.26. The second kappa shape index (κ2) is 5.49. The van der Waals surface area contributed by atoms with E-state index in [1.807, 2.05) is 0 Å². The van der Waals surface area contributed by atoms with E-state index in [0.29, 0.717) is 15.7 Å². The molecular formula is C12H11BrN2O5S. The zero-order chi connectivity index (χ0) is 15.8. The number of aryl methyl sites for hydroxylation is 1. The number of carbonyl (C=O) groups is 1. The summed E-state index contributed by atoms with van der Waals surface area (Å²) in [6.45, 7) is 3.22. The number of carboxylic acids is 1. The SMILES string of the molecule is Cc1coc(NS(=O)(=O)c2cc(Br)c(C)c(C(=O)O)c2)n1. The maximum absolute atomic E-state index is 12.2. The summed E-state index contributed by atoms with van der Waals surface area (Å²) in [7, 11) is -3.99. The molecule has 0 saturated carbocycles. The summed E-state index contributed by atoms with van der Waals surface area (Å²) in [6.07, 6.45) is 1.30. The van der Waals surface area contributed by atoms with Gasteiger partial charge in [0.2, 0.25) is 0 Å². The predicted octanol–water partition coefficient (Wildman–Crippen LogP) is 2.55. The van der Waals surface area contributed by atoms with Gasteiger partial charge in [0, 0.05) is 4.47 Å². The van der Waals surface area contributed by atoms with Gasteiger partial charge in [-0.05, 0) is 31.5 Å². The Balaban J connectivity index is 2.47. The maximum Gasteiger partial charge on any atom is 0.336 e. The Labute approximate surface area is 129 Å². The Morgan fingerprint density at radius 1 is 1.38 bits per heavy atom. The molecule has 2 rings (SSSR count). The number of anilines is 1. The number of nitrogens with zero attached hydrogens (tertiary/aromatic N) is 1. The summed E-state index contributed by atoms with van der Waals surface area (Å²) < 4.78 is 31.9. The number of sulfonamides is 1. The van der Waals surface area contributed by atoms with Crippen molar-refractivity contribution < 1.29 is 22.7 Å². The summed E-state index contributed by atoms with van der Waals surface area (Å²) in [5, 5.41) is 9.11. The van der Waals surface area contributed by atoms with Gasteiger partial charge >= 0.3 is 12.0 Å². The number of rotatable bonds is 4. The normalized spacial score (nSPS) is 11.4. The van der Waals surface area contributed by atoms with Crippen molar-refractivity contribution in [2.75, 3.05) is 4.72 Å². The number of carboxylic acid groups (broad SMARTS) is 1. The van der Waals surface area contributed by atoms with Crippen molar-refractivity contribution in [1.29, 1.82) is 0 Å². The number of halogens is 1. The lowest BCUT2D eigenvalue weighted by Gasteiger charge is -2.09. The second-order valence-electron chi connectivity index (χ2n) is 4.28. The molecule has 0 amide bonds. The molecule has 2 N–H and O–H groups in total. The molecule has 0 aliphatic heterocycles. The lowest BCUT2D eigenvalue weighted by atomic mass is 10.1. The lowest BCUT2D eigenvalue weighted by molar-refractivity contribution is 0.0695. The molecule has 0 aliphatic rings. The third-order valence-corrected chi connectivity index (χ3v) is 4.82. The van der Waals surface area contributed by atoms with Crippen LogP contribution >= 0.6 is 15.9 Å². The first kappa shape index (κ1) is 15.5. The number of nitrogens with one attached hydrogen (secondary N) is 1. The molecule has 0 atom stereocenters. The van der Waals surface area contributed by atoms with Crippen molar-refractivity contribution in [3.63, 3.8) is 0 Å². The van der Waals surface area contributed by atoms with Crippen LogP contribution in [0.15, 0.2) is 32.2 Å². The van der Waals surface area contributed by atoms with Crippen molar-refractivity contribution in [1.82, 2.24) is 4.98 Å². The molecule has 0 radical (unpaired) electrons. The summed E-state index contributed by atoms with van der Waals surface area (Å²) in [4.78, 5) is 14.8. The van der Waals surface area contributed by atoms with Gasteiger partial charge in [-0.3, -0.25) is 0 Å². The molecule has 1 heterocycles. The molecule has 0 fully saturated rings. The maximum atomic E-state index is 12.2. The van der Waals surface area contributed by atoms with E-state index < -0.39 is 16.0 Å². The van der Waals surface area contributed by atoms with Gasteiger partial charge in [-0.1, -0.05) is 15.9 Å². The minimum Gasteiger partial charge on any atom is -0.478 e. The lowest BCUT2D eigenvalue weighted by Crippen LogP contribution is -2.15. The summed E-state index contributed by atoms with van der Waals surface area (Å²) in [6, 6.07) is 2.22. The number of oxazole rings is 1. The van der Waals surface area contributed by atoms with Crippen molar-refractivity contribution >= 4 is 37.9 Å². The van der Waals surface area contributed by atoms with Gasteiger partial charge in [0.15, 0.2) is 0 Å². The number of hydrogen-bond donors (Lipinski definition) is 2. The van der Waals surface area contributed by atoms with Crippen molar-refractivity contribution in [2.24, 2.45) is 0 Å². The highest BCUT2D eigenvalue weighted by atomic mass is 79.9. The Morgan fingerprint density at radius 3 is 2.57 bits per heavy atom. The molecule has 7 nitrogen and oxygen atoms in total. The summed E-state index contributed by atoms with van der Waals surface area (Å²) >= 11 is 3.15. The van der Waals surface area contributed by atoms with Crippen LogP contribution in [-0.4, -0.2) is 24.5 Å². The molecule has 9 heteroatoms.